The van der Waals surface area contributed by atoms with Crippen LogP contribution in [0.4, 0.5) is 10.1 Å². The highest BCUT2D eigenvalue weighted by Gasteiger charge is 2.28. The van der Waals surface area contributed by atoms with E-state index in [1.54, 1.807) is 24.3 Å². The Hall–Kier alpha value is -2.69. The Bertz CT molecular complexity index is 742. The quantitative estimate of drug-likeness (QED) is 0.876. The van der Waals surface area contributed by atoms with Crippen molar-refractivity contribution in [3.8, 4) is 5.75 Å². The van der Waals surface area contributed by atoms with Gasteiger partial charge in [0, 0.05) is 24.6 Å². The van der Waals surface area contributed by atoms with Crippen molar-refractivity contribution in [1.82, 2.24) is 0 Å². The van der Waals surface area contributed by atoms with E-state index in [1.165, 1.54) is 11.0 Å². The first-order valence-electron chi connectivity index (χ1n) is 6.50. The maximum Gasteiger partial charge on any atom is 0.262 e. The topological polar surface area (TPSA) is 57.6 Å². The molecule has 2 aromatic carbocycles. The lowest BCUT2D eigenvalue weighted by molar-refractivity contribution is 0.0954. The molecule has 0 saturated heterocycles. The van der Waals surface area contributed by atoms with Gasteiger partial charge in [-0.1, -0.05) is 12.1 Å². The molecule has 0 fully saturated rings. The summed E-state index contributed by atoms with van der Waals surface area (Å²) >= 11 is 0. The summed E-state index contributed by atoms with van der Waals surface area (Å²) in [5, 5.41) is 9.74. The van der Waals surface area contributed by atoms with E-state index in [9.17, 15) is 19.1 Å². The molecule has 0 unspecified atom stereocenters. The number of ketones is 1. The maximum absolute atomic E-state index is 13.0. The highest BCUT2D eigenvalue weighted by atomic mass is 19.1. The lowest BCUT2D eigenvalue weighted by Crippen LogP contribution is -2.37. The Kier molecular flexibility index (Phi) is 3.17. The van der Waals surface area contributed by atoms with E-state index in [4.69, 9.17) is 0 Å². The van der Waals surface area contributed by atoms with Crippen LogP contribution in [0.5, 0.6) is 5.75 Å². The van der Waals surface area contributed by atoms with E-state index >= 15 is 0 Å². The zero-order valence-corrected chi connectivity index (χ0v) is 11.0. The summed E-state index contributed by atoms with van der Waals surface area (Å²) in [7, 11) is 0. The maximum atomic E-state index is 13.0. The summed E-state index contributed by atoms with van der Waals surface area (Å²) in [5.41, 5.74) is 1.02. The number of anilines is 1. The van der Waals surface area contributed by atoms with Crippen molar-refractivity contribution in [2.24, 2.45) is 0 Å². The number of carbonyl (C=O) groups excluding carboxylic acids is 2. The van der Waals surface area contributed by atoms with Crippen LogP contribution in [0.15, 0.2) is 42.5 Å². The first kappa shape index (κ1) is 13.3. The fourth-order valence-electron chi connectivity index (χ4n) is 2.46. The zero-order valence-electron chi connectivity index (χ0n) is 11.0. The third kappa shape index (κ3) is 2.27. The minimum atomic E-state index is -0.613. The van der Waals surface area contributed by atoms with Gasteiger partial charge >= 0.3 is 0 Å². The van der Waals surface area contributed by atoms with Crippen LogP contribution in [0.1, 0.15) is 27.1 Å². The van der Waals surface area contributed by atoms with Crippen LogP contribution in [0.2, 0.25) is 0 Å². The van der Waals surface area contributed by atoms with Crippen LogP contribution in [-0.4, -0.2) is 23.3 Å². The van der Waals surface area contributed by atoms with Crippen molar-refractivity contribution >= 4 is 17.4 Å². The van der Waals surface area contributed by atoms with Crippen LogP contribution < -0.4 is 4.90 Å². The van der Waals surface area contributed by atoms with Crippen LogP contribution in [0, 0.1) is 5.82 Å². The molecule has 3 rings (SSSR count). The molecule has 0 radical (unpaired) electrons. The fraction of sp³-hybridized carbons (Fsp3) is 0.125. The third-order valence-corrected chi connectivity index (χ3v) is 3.49. The molecule has 1 N–H and O–H groups in total. The highest BCUT2D eigenvalue weighted by molar-refractivity contribution is 6.14. The summed E-state index contributed by atoms with van der Waals surface area (Å²) in [6, 6.07) is 10.1. The molecule has 0 atom stereocenters. The summed E-state index contributed by atoms with van der Waals surface area (Å²) < 4.78 is 13.0. The Morgan fingerprint density at radius 1 is 1.19 bits per heavy atom. The first-order chi connectivity index (χ1) is 10.1. The smallest absolute Gasteiger partial charge is 0.262 e. The molecule has 0 spiro atoms. The van der Waals surface area contributed by atoms with Crippen molar-refractivity contribution in [3.05, 3.63) is 59.4 Å². The number of aromatic hydroxyl groups is 1. The molecule has 1 aliphatic heterocycles. The summed E-state index contributed by atoms with van der Waals surface area (Å²) in [6.45, 7) is 0.242. The molecule has 21 heavy (non-hydrogen) atoms. The molecule has 0 aliphatic carbocycles. The van der Waals surface area contributed by atoms with Gasteiger partial charge in [-0.2, -0.15) is 0 Å². The van der Waals surface area contributed by atoms with Crippen molar-refractivity contribution in [2.45, 2.75) is 6.42 Å². The molecule has 5 heteroatoms. The van der Waals surface area contributed by atoms with E-state index in [2.05, 4.69) is 0 Å². The molecule has 1 amide bonds. The number of amides is 1. The number of halogens is 1. The van der Waals surface area contributed by atoms with Crippen LogP contribution in [-0.2, 0) is 0 Å². The first-order valence-corrected chi connectivity index (χ1v) is 6.50. The van der Waals surface area contributed by atoms with Gasteiger partial charge in [-0.05, 0) is 24.3 Å². The zero-order chi connectivity index (χ0) is 15.0. The number of rotatable bonds is 1. The number of hydrogen-bond donors (Lipinski definition) is 1. The van der Waals surface area contributed by atoms with Crippen molar-refractivity contribution in [3.63, 3.8) is 0 Å². The second-order valence-electron chi connectivity index (χ2n) is 4.81. The Morgan fingerprint density at radius 3 is 2.71 bits per heavy atom. The van der Waals surface area contributed by atoms with Crippen LogP contribution in [0.3, 0.4) is 0 Å². The van der Waals surface area contributed by atoms with Crippen molar-refractivity contribution in [1.29, 1.82) is 0 Å². The van der Waals surface area contributed by atoms with Gasteiger partial charge in [0.2, 0.25) is 0 Å². The lowest BCUT2D eigenvalue weighted by Gasteiger charge is -2.28. The second-order valence-corrected chi connectivity index (χ2v) is 4.81. The number of fused-ring (bicyclic) bond motifs is 1. The van der Waals surface area contributed by atoms with E-state index in [-0.39, 0.29) is 24.3 Å². The van der Waals surface area contributed by atoms with Gasteiger partial charge in [-0.3, -0.25) is 9.59 Å². The normalized spacial score (nSPS) is 14.0. The average Bonchev–Trinajstić information content (AvgIpc) is 2.47. The minimum Gasteiger partial charge on any atom is -0.507 e. The van der Waals surface area contributed by atoms with E-state index in [1.807, 2.05) is 0 Å². The van der Waals surface area contributed by atoms with Crippen LogP contribution in [0.25, 0.3) is 0 Å². The van der Waals surface area contributed by atoms with Gasteiger partial charge in [-0.15, -0.1) is 0 Å². The molecular weight excluding hydrogens is 273 g/mol. The largest absolute Gasteiger partial charge is 0.507 e. The summed E-state index contributed by atoms with van der Waals surface area (Å²) in [6.07, 6.45) is 0.227. The monoisotopic (exact) mass is 285 g/mol. The van der Waals surface area contributed by atoms with Gasteiger partial charge in [-0.25, -0.2) is 4.39 Å². The molecule has 0 bridgehead atoms. The number of nitrogens with zero attached hydrogens (tertiary/aromatic N) is 1. The molecule has 0 saturated carbocycles. The second kappa shape index (κ2) is 5.01. The Morgan fingerprint density at radius 2 is 1.95 bits per heavy atom. The molecule has 1 heterocycles. The van der Waals surface area contributed by atoms with Gasteiger partial charge in [0.25, 0.3) is 5.91 Å². The van der Waals surface area contributed by atoms with E-state index in [0.29, 0.717) is 11.3 Å². The predicted octanol–water partition coefficient (Wildman–Crippen LogP) is 2.76. The predicted molar refractivity (Wildman–Crippen MR) is 75.1 cm³/mol. The van der Waals surface area contributed by atoms with E-state index < -0.39 is 17.5 Å². The van der Waals surface area contributed by atoms with Gasteiger partial charge < -0.3 is 10.0 Å². The summed E-state index contributed by atoms with van der Waals surface area (Å²) in [5.74, 6) is -1.49. The molecular formula is C16H12FNO3. The van der Waals surface area contributed by atoms with Crippen molar-refractivity contribution in [2.75, 3.05) is 11.4 Å². The molecule has 106 valence electrons. The number of phenolic OH excluding ortho intramolecular Hbond substituents is 1. The number of hydrogen-bond acceptors (Lipinski definition) is 3. The Balaban J connectivity index is 2.03. The Labute approximate surface area is 120 Å². The minimum absolute atomic E-state index is 0.0144. The molecule has 2 aromatic rings. The highest BCUT2D eigenvalue weighted by Crippen LogP contribution is 2.30. The fourth-order valence-corrected chi connectivity index (χ4v) is 2.46. The van der Waals surface area contributed by atoms with Crippen LogP contribution >= 0.6 is 0 Å². The number of phenols is 1. The average molecular weight is 285 g/mol. The van der Waals surface area contributed by atoms with Crippen molar-refractivity contribution < 1.29 is 19.1 Å². The number of para-hydroxylation sites is 1. The van der Waals surface area contributed by atoms with Gasteiger partial charge in [0.15, 0.2) is 5.78 Å². The SMILES string of the molecule is O=C1CCN(C(=O)c2ccc(F)cc2O)c2ccccc21. The molecule has 1 aliphatic rings. The summed E-state index contributed by atoms with van der Waals surface area (Å²) in [4.78, 5) is 25.8. The van der Waals surface area contributed by atoms with Gasteiger partial charge in [0.05, 0.1) is 11.3 Å². The van der Waals surface area contributed by atoms with E-state index in [0.717, 1.165) is 12.1 Å². The molecule has 4 nitrogen and oxygen atoms in total. The number of benzene rings is 2. The number of Topliss-reactive ketones (excluding diaryl/α,β-unsaturated/α-hetero) is 1. The number of carbonyl (C=O) groups is 2. The molecule has 0 aromatic heterocycles. The standard InChI is InChI=1S/C16H12FNO3/c17-10-5-6-12(15(20)9-10)16(21)18-8-7-14(19)11-3-1-2-4-13(11)18/h1-6,9,20H,7-8H2. The lowest BCUT2D eigenvalue weighted by atomic mass is 9.99. The third-order valence-electron chi connectivity index (χ3n) is 3.49. The van der Waals surface area contributed by atoms with Gasteiger partial charge in [0.1, 0.15) is 11.6 Å².